The Kier molecular flexibility index (Phi) is 6.98. The van der Waals surface area contributed by atoms with Crippen LogP contribution in [0.2, 0.25) is 0 Å². The molecule has 1 aliphatic rings. The maximum Gasteiger partial charge on any atom is 0.119 e. The number of hydrogen-bond donors (Lipinski definition) is 1. The van der Waals surface area contributed by atoms with Crippen molar-refractivity contribution in [1.29, 1.82) is 0 Å². The van der Waals surface area contributed by atoms with Gasteiger partial charge in [0.15, 0.2) is 0 Å². The predicted molar refractivity (Wildman–Crippen MR) is 120 cm³/mol. The molecule has 1 fully saturated rings. The summed E-state index contributed by atoms with van der Waals surface area (Å²) >= 11 is 0. The minimum atomic E-state index is 0.625. The summed E-state index contributed by atoms with van der Waals surface area (Å²) in [6.07, 6.45) is 6.20. The summed E-state index contributed by atoms with van der Waals surface area (Å²) in [6, 6.07) is 30.5. The Morgan fingerprint density at radius 3 is 1.97 bits per heavy atom. The number of ether oxygens (including phenoxy) is 1. The van der Waals surface area contributed by atoms with Crippen molar-refractivity contribution in [3.63, 3.8) is 0 Å². The standard InChI is InChI=1S/C27H31NO/c1-3-7-22(8-4-1)19-20-28-26-15-11-24(12-16-26)25-13-17-27(18-14-25)29-21-23-9-5-2-6-10-23/h1-10,13-14,17-18,24,26,28H,11-12,15-16,19-21H2. The van der Waals surface area contributed by atoms with Crippen molar-refractivity contribution in [3.8, 4) is 5.75 Å². The van der Waals surface area contributed by atoms with E-state index in [9.17, 15) is 0 Å². The van der Waals surface area contributed by atoms with E-state index < -0.39 is 0 Å². The third kappa shape index (κ3) is 5.95. The van der Waals surface area contributed by atoms with Gasteiger partial charge in [0.1, 0.15) is 12.4 Å². The van der Waals surface area contributed by atoms with Gasteiger partial charge in [0.2, 0.25) is 0 Å². The second-order valence-electron chi connectivity index (χ2n) is 8.08. The average molecular weight is 386 g/mol. The van der Waals surface area contributed by atoms with Crippen molar-refractivity contribution in [3.05, 3.63) is 102 Å². The van der Waals surface area contributed by atoms with Crippen molar-refractivity contribution in [2.75, 3.05) is 6.54 Å². The van der Waals surface area contributed by atoms with Crippen molar-refractivity contribution >= 4 is 0 Å². The molecule has 0 radical (unpaired) electrons. The number of hydrogen-bond acceptors (Lipinski definition) is 2. The molecule has 1 aliphatic carbocycles. The van der Waals surface area contributed by atoms with Gasteiger partial charge in [0, 0.05) is 6.04 Å². The van der Waals surface area contributed by atoms with Crippen LogP contribution in [-0.4, -0.2) is 12.6 Å². The van der Waals surface area contributed by atoms with Crippen LogP contribution >= 0.6 is 0 Å². The minimum absolute atomic E-state index is 0.625. The van der Waals surface area contributed by atoms with Crippen LogP contribution in [0.15, 0.2) is 84.9 Å². The third-order valence-corrected chi connectivity index (χ3v) is 6.02. The van der Waals surface area contributed by atoms with Crippen LogP contribution < -0.4 is 10.1 Å². The van der Waals surface area contributed by atoms with E-state index in [1.807, 2.05) is 6.07 Å². The third-order valence-electron chi connectivity index (χ3n) is 6.02. The van der Waals surface area contributed by atoms with Crippen LogP contribution in [0.4, 0.5) is 0 Å². The van der Waals surface area contributed by atoms with Crippen LogP contribution in [0.3, 0.4) is 0 Å². The largest absolute Gasteiger partial charge is 0.489 e. The Labute approximate surface area is 174 Å². The molecular weight excluding hydrogens is 354 g/mol. The molecule has 0 spiro atoms. The summed E-state index contributed by atoms with van der Waals surface area (Å²) < 4.78 is 5.92. The Morgan fingerprint density at radius 1 is 0.690 bits per heavy atom. The molecule has 0 atom stereocenters. The van der Waals surface area contributed by atoms with Gasteiger partial charge in [-0.15, -0.1) is 0 Å². The molecule has 150 valence electrons. The molecule has 2 heteroatoms. The van der Waals surface area contributed by atoms with Gasteiger partial charge in [0.25, 0.3) is 0 Å². The van der Waals surface area contributed by atoms with Crippen molar-refractivity contribution in [1.82, 2.24) is 5.32 Å². The summed E-state index contributed by atoms with van der Waals surface area (Å²) in [7, 11) is 0. The van der Waals surface area contributed by atoms with Gasteiger partial charge >= 0.3 is 0 Å². The first-order valence-corrected chi connectivity index (χ1v) is 10.9. The summed E-state index contributed by atoms with van der Waals surface area (Å²) in [4.78, 5) is 0. The highest BCUT2D eigenvalue weighted by Crippen LogP contribution is 2.33. The van der Waals surface area contributed by atoms with E-state index in [1.165, 1.54) is 42.4 Å². The van der Waals surface area contributed by atoms with E-state index in [1.54, 1.807) is 0 Å². The highest BCUT2D eigenvalue weighted by Gasteiger charge is 2.21. The Hall–Kier alpha value is -2.58. The second-order valence-corrected chi connectivity index (χ2v) is 8.08. The Bertz CT molecular complexity index is 837. The van der Waals surface area contributed by atoms with E-state index in [0.717, 1.165) is 18.7 Å². The quantitative estimate of drug-likeness (QED) is 0.504. The minimum Gasteiger partial charge on any atom is -0.489 e. The fraction of sp³-hybridized carbons (Fsp3) is 0.333. The maximum absolute atomic E-state index is 5.92. The lowest BCUT2D eigenvalue weighted by molar-refractivity contribution is 0.305. The fourth-order valence-electron chi connectivity index (χ4n) is 4.27. The lowest BCUT2D eigenvalue weighted by atomic mass is 9.81. The van der Waals surface area contributed by atoms with Crippen molar-refractivity contribution in [2.45, 2.75) is 50.7 Å². The SMILES string of the molecule is c1ccc(CCNC2CCC(c3ccc(OCc4ccccc4)cc3)CC2)cc1. The van der Waals surface area contributed by atoms with Gasteiger partial charge in [0.05, 0.1) is 0 Å². The molecule has 4 rings (SSSR count). The first kappa shape index (κ1) is 19.7. The highest BCUT2D eigenvalue weighted by molar-refractivity contribution is 5.30. The molecule has 2 nitrogen and oxygen atoms in total. The van der Waals surface area contributed by atoms with E-state index in [-0.39, 0.29) is 0 Å². The van der Waals surface area contributed by atoms with E-state index in [2.05, 4.69) is 84.2 Å². The molecule has 0 unspecified atom stereocenters. The van der Waals surface area contributed by atoms with Gasteiger partial charge in [-0.25, -0.2) is 0 Å². The Morgan fingerprint density at radius 2 is 1.31 bits per heavy atom. The molecule has 0 aliphatic heterocycles. The molecule has 3 aromatic carbocycles. The van der Waals surface area contributed by atoms with Gasteiger partial charge in [-0.2, -0.15) is 0 Å². The van der Waals surface area contributed by atoms with Crippen LogP contribution in [0.5, 0.6) is 5.75 Å². The van der Waals surface area contributed by atoms with Crippen molar-refractivity contribution in [2.24, 2.45) is 0 Å². The monoisotopic (exact) mass is 385 g/mol. The van der Waals surface area contributed by atoms with E-state index in [0.29, 0.717) is 18.6 Å². The maximum atomic E-state index is 5.92. The first-order chi connectivity index (χ1) is 14.4. The van der Waals surface area contributed by atoms with Gasteiger partial charge < -0.3 is 10.1 Å². The highest BCUT2D eigenvalue weighted by atomic mass is 16.5. The topological polar surface area (TPSA) is 21.3 Å². The summed E-state index contributed by atoms with van der Waals surface area (Å²) in [5.41, 5.74) is 4.08. The second kappa shape index (κ2) is 10.3. The molecule has 0 amide bonds. The zero-order valence-corrected chi connectivity index (χ0v) is 17.1. The van der Waals surface area contributed by atoms with Gasteiger partial charge in [-0.1, -0.05) is 72.8 Å². The molecule has 0 heterocycles. The normalized spacial score (nSPS) is 19.0. The lowest BCUT2D eigenvalue weighted by Gasteiger charge is -2.29. The molecule has 0 bridgehead atoms. The first-order valence-electron chi connectivity index (χ1n) is 10.9. The van der Waals surface area contributed by atoms with Crippen molar-refractivity contribution < 1.29 is 4.74 Å². The molecular formula is C27H31NO. The number of benzene rings is 3. The van der Waals surface area contributed by atoms with Crippen LogP contribution in [0.1, 0.15) is 48.3 Å². The van der Waals surface area contributed by atoms with Crippen LogP contribution in [0, 0.1) is 0 Å². The lowest BCUT2D eigenvalue weighted by Crippen LogP contribution is -2.34. The van der Waals surface area contributed by atoms with Crippen LogP contribution in [-0.2, 0) is 13.0 Å². The molecule has 0 saturated heterocycles. The smallest absolute Gasteiger partial charge is 0.119 e. The molecule has 1 N–H and O–H groups in total. The van der Waals surface area contributed by atoms with Gasteiger partial charge in [-0.05, 0) is 73.4 Å². The van der Waals surface area contributed by atoms with E-state index >= 15 is 0 Å². The van der Waals surface area contributed by atoms with Gasteiger partial charge in [-0.3, -0.25) is 0 Å². The molecule has 3 aromatic rings. The zero-order chi connectivity index (χ0) is 19.7. The average Bonchev–Trinajstić information content (AvgIpc) is 2.80. The van der Waals surface area contributed by atoms with E-state index in [4.69, 9.17) is 4.74 Å². The molecule has 0 aromatic heterocycles. The van der Waals surface area contributed by atoms with Crippen LogP contribution in [0.25, 0.3) is 0 Å². The fourth-order valence-corrected chi connectivity index (χ4v) is 4.27. The Balaban J connectivity index is 1.19. The summed E-state index contributed by atoms with van der Waals surface area (Å²) in [5, 5.41) is 3.76. The predicted octanol–water partition coefficient (Wildman–Crippen LogP) is 6.12. The number of rotatable bonds is 8. The molecule has 1 saturated carbocycles. The molecule has 29 heavy (non-hydrogen) atoms. The summed E-state index contributed by atoms with van der Waals surface area (Å²) in [5.74, 6) is 1.64. The number of nitrogens with one attached hydrogen (secondary N) is 1. The zero-order valence-electron chi connectivity index (χ0n) is 17.1. The summed E-state index contributed by atoms with van der Waals surface area (Å²) in [6.45, 7) is 1.70.